The molecule has 3 rings (SSSR count). The monoisotopic (exact) mass is 380 g/mol. The minimum absolute atomic E-state index is 0.163. The summed E-state index contributed by atoms with van der Waals surface area (Å²) in [5.74, 6) is -0.467. The summed E-state index contributed by atoms with van der Waals surface area (Å²) in [6, 6.07) is 17.9. The van der Waals surface area contributed by atoms with Crippen LogP contribution in [-0.4, -0.2) is 52.7 Å². The number of carbonyl (C=O) groups excluding carboxylic acids is 1. The molecule has 0 atom stereocenters. The molecule has 6 heteroatoms. The number of aryl methyl sites for hydroxylation is 1. The number of nitrogens with zero attached hydrogens (tertiary/aromatic N) is 4. The molecule has 0 N–H and O–H groups in total. The largest absolute Gasteiger partial charge is 0.332 e. The van der Waals surface area contributed by atoms with Gasteiger partial charge in [0.25, 0.3) is 5.91 Å². The molecule has 0 aliphatic rings. The van der Waals surface area contributed by atoms with Crippen molar-refractivity contribution >= 4 is 5.91 Å². The number of amides is 1. The summed E-state index contributed by atoms with van der Waals surface area (Å²) < 4.78 is 15.3. The van der Waals surface area contributed by atoms with Gasteiger partial charge in [-0.25, -0.2) is 9.07 Å². The second kappa shape index (κ2) is 8.80. The van der Waals surface area contributed by atoms with Crippen LogP contribution in [-0.2, 0) is 6.54 Å². The van der Waals surface area contributed by atoms with E-state index in [4.69, 9.17) is 0 Å². The van der Waals surface area contributed by atoms with Gasteiger partial charge in [-0.15, -0.1) is 0 Å². The molecule has 0 radical (unpaired) electrons. The second-order valence-electron chi connectivity index (χ2n) is 7.08. The van der Waals surface area contributed by atoms with Crippen LogP contribution in [0.15, 0.2) is 60.7 Å². The Morgan fingerprint density at radius 3 is 2.46 bits per heavy atom. The zero-order valence-electron chi connectivity index (χ0n) is 16.5. The summed E-state index contributed by atoms with van der Waals surface area (Å²) in [6.45, 7) is 3.49. The summed E-state index contributed by atoms with van der Waals surface area (Å²) in [6.07, 6.45) is 0. The van der Waals surface area contributed by atoms with E-state index in [1.54, 1.807) is 21.7 Å². The van der Waals surface area contributed by atoms with E-state index in [9.17, 15) is 9.18 Å². The number of benzene rings is 2. The highest BCUT2D eigenvalue weighted by Crippen LogP contribution is 2.15. The van der Waals surface area contributed by atoms with Gasteiger partial charge >= 0.3 is 0 Å². The Kier molecular flexibility index (Phi) is 6.21. The molecule has 0 aliphatic heterocycles. The van der Waals surface area contributed by atoms with Crippen LogP contribution in [0, 0.1) is 12.7 Å². The smallest absolute Gasteiger partial charge is 0.274 e. The Morgan fingerprint density at radius 2 is 1.79 bits per heavy atom. The van der Waals surface area contributed by atoms with Gasteiger partial charge in [-0.3, -0.25) is 4.79 Å². The van der Waals surface area contributed by atoms with Crippen LogP contribution in [0.25, 0.3) is 5.69 Å². The highest BCUT2D eigenvalue weighted by Gasteiger charge is 2.20. The molecule has 3 aromatic rings. The first-order valence-corrected chi connectivity index (χ1v) is 9.24. The van der Waals surface area contributed by atoms with Crippen molar-refractivity contribution in [2.75, 3.05) is 27.2 Å². The van der Waals surface area contributed by atoms with Gasteiger partial charge in [0.05, 0.1) is 5.69 Å². The number of aromatic nitrogens is 2. The SMILES string of the molecule is Cc1cc(C(=O)N(CCN(C)C)Cc2cccc(F)c2)nn1-c1ccccc1. The number of carbonyl (C=O) groups is 1. The van der Waals surface area contributed by atoms with Crippen molar-refractivity contribution in [1.82, 2.24) is 19.6 Å². The summed E-state index contributed by atoms with van der Waals surface area (Å²) in [7, 11) is 3.91. The van der Waals surface area contributed by atoms with Crippen molar-refractivity contribution in [2.24, 2.45) is 0 Å². The van der Waals surface area contributed by atoms with Gasteiger partial charge in [-0.05, 0) is 56.9 Å². The minimum atomic E-state index is -0.304. The lowest BCUT2D eigenvalue weighted by molar-refractivity contribution is 0.0725. The molecular weight excluding hydrogens is 355 g/mol. The Bertz CT molecular complexity index is 937. The fraction of sp³-hybridized carbons (Fsp3) is 0.273. The molecule has 0 unspecified atom stereocenters. The van der Waals surface area contributed by atoms with Gasteiger partial charge in [-0.2, -0.15) is 5.10 Å². The fourth-order valence-corrected chi connectivity index (χ4v) is 3.00. The summed E-state index contributed by atoms with van der Waals surface area (Å²) in [5, 5.41) is 4.52. The number of hydrogen-bond donors (Lipinski definition) is 0. The van der Waals surface area contributed by atoms with Gasteiger partial charge in [0, 0.05) is 25.3 Å². The lowest BCUT2D eigenvalue weighted by atomic mass is 10.2. The van der Waals surface area contributed by atoms with Crippen molar-refractivity contribution in [3.63, 3.8) is 0 Å². The van der Waals surface area contributed by atoms with Crippen molar-refractivity contribution in [3.05, 3.63) is 83.4 Å². The average Bonchev–Trinajstić information content (AvgIpc) is 3.07. The van der Waals surface area contributed by atoms with Crippen LogP contribution in [0.1, 0.15) is 21.7 Å². The third-order valence-corrected chi connectivity index (χ3v) is 4.47. The van der Waals surface area contributed by atoms with Gasteiger partial charge in [0.2, 0.25) is 0 Å². The Morgan fingerprint density at radius 1 is 1.04 bits per heavy atom. The average molecular weight is 380 g/mol. The van der Waals surface area contributed by atoms with Crippen molar-refractivity contribution in [3.8, 4) is 5.69 Å². The Hall–Kier alpha value is -2.99. The number of rotatable bonds is 7. The Labute approximate surface area is 165 Å². The van der Waals surface area contributed by atoms with Gasteiger partial charge < -0.3 is 9.80 Å². The molecule has 1 amide bonds. The van der Waals surface area contributed by atoms with E-state index < -0.39 is 0 Å². The molecule has 146 valence electrons. The maximum atomic E-state index is 13.6. The topological polar surface area (TPSA) is 41.4 Å². The van der Waals surface area contributed by atoms with Crippen molar-refractivity contribution < 1.29 is 9.18 Å². The van der Waals surface area contributed by atoms with E-state index in [2.05, 4.69) is 5.10 Å². The molecule has 2 aromatic carbocycles. The van der Waals surface area contributed by atoms with E-state index >= 15 is 0 Å². The first-order chi connectivity index (χ1) is 13.4. The van der Waals surface area contributed by atoms with Crippen LogP contribution in [0.3, 0.4) is 0 Å². The van der Waals surface area contributed by atoms with Crippen LogP contribution in [0.2, 0.25) is 0 Å². The molecule has 5 nitrogen and oxygen atoms in total. The predicted molar refractivity (Wildman–Crippen MR) is 108 cm³/mol. The van der Waals surface area contributed by atoms with Crippen molar-refractivity contribution in [2.45, 2.75) is 13.5 Å². The molecule has 1 heterocycles. The van der Waals surface area contributed by atoms with Gasteiger partial charge in [0.15, 0.2) is 5.69 Å². The maximum absolute atomic E-state index is 13.6. The third-order valence-electron chi connectivity index (χ3n) is 4.47. The quantitative estimate of drug-likeness (QED) is 0.630. The number of halogens is 1. The van der Waals surface area contributed by atoms with E-state index in [1.807, 2.05) is 62.3 Å². The molecule has 1 aromatic heterocycles. The van der Waals surface area contributed by atoms with Crippen LogP contribution >= 0.6 is 0 Å². The number of para-hydroxylation sites is 1. The molecule has 0 aliphatic carbocycles. The Balaban J connectivity index is 1.86. The third kappa shape index (κ3) is 4.84. The minimum Gasteiger partial charge on any atom is -0.332 e. The van der Waals surface area contributed by atoms with Crippen LogP contribution in [0.5, 0.6) is 0 Å². The molecule has 0 saturated carbocycles. The van der Waals surface area contributed by atoms with E-state index in [1.165, 1.54) is 12.1 Å². The highest BCUT2D eigenvalue weighted by atomic mass is 19.1. The second-order valence-corrected chi connectivity index (χ2v) is 7.08. The van der Waals surface area contributed by atoms with E-state index in [0.29, 0.717) is 25.3 Å². The highest BCUT2D eigenvalue weighted by molar-refractivity contribution is 5.92. The first-order valence-electron chi connectivity index (χ1n) is 9.24. The number of hydrogen-bond acceptors (Lipinski definition) is 3. The van der Waals surface area contributed by atoms with Gasteiger partial charge in [0.1, 0.15) is 5.82 Å². The van der Waals surface area contributed by atoms with E-state index in [-0.39, 0.29) is 11.7 Å². The van der Waals surface area contributed by atoms with Crippen LogP contribution < -0.4 is 0 Å². The summed E-state index contributed by atoms with van der Waals surface area (Å²) >= 11 is 0. The molecule has 0 spiro atoms. The molecular formula is C22H25FN4O. The first kappa shape index (κ1) is 19.8. The maximum Gasteiger partial charge on any atom is 0.274 e. The fourth-order valence-electron chi connectivity index (χ4n) is 3.00. The number of likely N-dealkylation sites (N-methyl/N-ethyl adjacent to an activating group) is 1. The lowest BCUT2D eigenvalue weighted by Gasteiger charge is -2.24. The summed E-state index contributed by atoms with van der Waals surface area (Å²) in [4.78, 5) is 16.9. The molecule has 0 bridgehead atoms. The summed E-state index contributed by atoms with van der Waals surface area (Å²) in [5.41, 5.74) is 2.93. The standard InChI is InChI=1S/C22H25FN4O/c1-17-14-21(24-27(17)20-10-5-4-6-11-20)22(28)26(13-12-25(2)3)16-18-8-7-9-19(23)15-18/h4-11,14-15H,12-13,16H2,1-3H3. The molecule has 0 fully saturated rings. The van der Waals surface area contributed by atoms with E-state index in [0.717, 1.165) is 16.9 Å². The van der Waals surface area contributed by atoms with Crippen LogP contribution in [0.4, 0.5) is 4.39 Å². The normalized spacial score (nSPS) is 11.0. The zero-order chi connectivity index (χ0) is 20.1. The molecule has 0 saturated heterocycles. The van der Waals surface area contributed by atoms with Gasteiger partial charge in [-0.1, -0.05) is 30.3 Å². The lowest BCUT2D eigenvalue weighted by Crippen LogP contribution is -2.36. The van der Waals surface area contributed by atoms with Crippen molar-refractivity contribution in [1.29, 1.82) is 0 Å². The predicted octanol–water partition coefficient (Wildman–Crippen LogP) is 3.52. The molecule has 28 heavy (non-hydrogen) atoms. The zero-order valence-corrected chi connectivity index (χ0v) is 16.5.